The van der Waals surface area contributed by atoms with Gasteiger partial charge in [0.2, 0.25) is 0 Å². The molecule has 2 nitrogen and oxygen atoms in total. The third-order valence-corrected chi connectivity index (χ3v) is 5.60. The molecule has 0 fully saturated rings. The molecule has 3 aromatic carbocycles. The highest BCUT2D eigenvalue weighted by Gasteiger charge is 2.33. The SMILES string of the molecule is CCC(CNC(C)C(O)c1ccccc1)(c1ccccc1)c1ccccc1. The van der Waals surface area contributed by atoms with Crippen LogP contribution < -0.4 is 5.32 Å². The number of benzene rings is 3. The molecule has 2 unspecified atom stereocenters. The van der Waals surface area contributed by atoms with Crippen molar-refractivity contribution in [2.75, 3.05) is 6.54 Å². The number of hydrogen-bond acceptors (Lipinski definition) is 2. The molecule has 0 aliphatic heterocycles. The van der Waals surface area contributed by atoms with Gasteiger partial charge in [-0.1, -0.05) is 97.9 Å². The van der Waals surface area contributed by atoms with Gasteiger partial charge in [-0.25, -0.2) is 0 Å². The van der Waals surface area contributed by atoms with Gasteiger partial charge in [-0.15, -0.1) is 0 Å². The third kappa shape index (κ3) is 4.29. The monoisotopic (exact) mass is 359 g/mol. The zero-order chi connectivity index (χ0) is 19.1. The van der Waals surface area contributed by atoms with Crippen LogP contribution in [0.25, 0.3) is 0 Å². The molecule has 0 aliphatic carbocycles. The highest BCUT2D eigenvalue weighted by Crippen LogP contribution is 2.35. The summed E-state index contributed by atoms with van der Waals surface area (Å²) in [7, 11) is 0. The first-order valence-corrected chi connectivity index (χ1v) is 9.75. The molecule has 0 aliphatic rings. The minimum Gasteiger partial charge on any atom is -0.387 e. The second kappa shape index (κ2) is 8.98. The van der Waals surface area contributed by atoms with Gasteiger partial charge in [0, 0.05) is 18.0 Å². The molecule has 0 saturated heterocycles. The Balaban J connectivity index is 1.86. The molecule has 3 rings (SSSR count). The van der Waals surface area contributed by atoms with E-state index in [9.17, 15) is 5.11 Å². The Morgan fingerprint density at radius 2 is 1.22 bits per heavy atom. The topological polar surface area (TPSA) is 32.3 Å². The van der Waals surface area contributed by atoms with Crippen molar-refractivity contribution in [3.63, 3.8) is 0 Å². The number of hydrogen-bond donors (Lipinski definition) is 2. The summed E-state index contributed by atoms with van der Waals surface area (Å²) in [5.74, 6) is 0. The molecule has 2 heteroatoms. The average Bonchev–Trinajstić information content (AvgIpc) is 2.76. The molecule has 2 N–H and O–H groups in total. The molecule has 0 saturated carbocycles. The normalized spacial score (nSPS) is 13.9. The minimum atomic E-state index is -0.535. The van der Waals surface area contributed by atoms with Crippen molar-refractivity contribution in [3.05, 3.63) is 108 Å². The van der Waals surface area contributed by atoms with Crippen LogP contribution in [-0.4, -0.2) is 17.7 Å². The van der Waals surface area contributed by atoms with E-state index in [1.54, 1.807) is 0 Å². The van der Waals surface area contributed by atoms with Crippen molar-refractivity contribution in [2.24, 2.45) is 0 Å². The van der Waals surface area contributed by atoms with Gasteiger partial charge in [0.05, 0.1) is 6.10 Å². The predicted octanol–water partition coefficient (Wildman–Crippen LogP) is 5.09. The largest absolute Gasteiger partial charge is 0.387 e. The van der Waals surface area contributed by atoms with E-state index >= 15 is 0 Å². The molecular weight excluding hydrogens is 330 g/mol. The van der Waals surface area contributed by atoms with Crippen LogP contribution in [0.15, 0.2) is 91.0 Å². The lowest BCUT2D eigenvalue weighted by Gasteiger charge is -2.36. The molecule has 2 atom stereocenters. The average molecular weight is 360 g/mol. The summed E-state index contributed by atoms with van der Waals surface area (Å²) in [6, 6.07) is 31.2. The summed E-state index contributed by atoms with van der Waals surface area (Å²) in [6.07, 6.45) is 0.439. The van der Waals surface area contributed by atoms with Crippen LogP contribution >= 0.6 is 0 Å². The van der Waals surface area contributed by atoms with Gasteiger partial charge in [-0.3, -0.25) is 0 Å². The van der Waals surface area contributed by atoms with Gasteiger partial charge in [0.25, 0.3) is 0 Å². The van der Waals surface area contributed by atoms with Crippen molar-refractivity contribution in [1.29, 1.82) is 0 Å². The Kier molecular flexibility index (Phi) is 6.44. The quantitative estimate of drug-likeness (QED) is 0.587. The Morgan fingerprint density at radius 1 is 0.778 bits per heavy atom. The first-order chi connectivity index (χ1) is 13.2. The highest BCUT2D eigenvalue weighted by molar-refractivity contribution is 5.40. The highest BCUT2D eigenvalue weighted by atomic mass is 16.3. The van der Waals surface area contributed by atoms with E-state index < -0.39 is 6.10 Å². The molecule has 3 aromatic rings. The summed E-state index contributed by atoms with van der Waals surface area (Å²) in [6.45, 7) is 5.05. The van der Waals surface area contributed by atoms with Crippen LogP contribution in [0.1, 0.15) is 43.1 Å². The summed E-state index contributed by atoms with van der Waals surface area (Å²) < 4.78 is 0. The van der Waals surface area contributed by atoms with Crippen molar-refractivity contribution < 1.29 is 5.11 Å². The number of aliphatic hydroxyl groups is 1. The van der Waals surface area contributed by atoms with Crippen molar-refractivity contribution >= 4 is 0 Å². The molecule has 0 bridgehead atoms. The van der Waals surface area contributed by atoms with E-state index in [1.165, 1.54) is 11.1 Å². The van der Waals surface area contributed by atoms with Crippen molar-refractivity contribution in [3.8, 4) is 0 Å². The summed E-state index contributed by atoms with van der Waals surface area (Å²) in [4.78, 5) is 0. The van der Waals surface area contributed by atoms with Crippen molar-refractivity contribution in [1.82, 2.24) is 5.32 Å². The second-order valence-electron chi connectivity index (χ2n) is 7.19. The van der Waals surface area contributed by atoms with Gasteiger partial charge in [0.15, 0.2) is 0 Å². The van der Waals surface area contributed by atoms with Crippen LogP contribution in [0.4, 0.5) is 0 Å². The smallest absolute Gasteiger partial charge is 0.0940 e. The molecule has 0 amide bonds. The van der Waals surface area contributed by atoms with E-state index in [2.05, 4.69) is 72.9 Å². The zero-order valence-electron chi connectivity index (χ0n) is 16.2. The Labute approximate surface area is 162 Å². The van der Waals surface area contributed by atoms with Gasteiger partial charge in [-0.05, 0) is 30.0 Å². The zero-order valence-corrected chi connectivity index (χ0v) is 16.2. The lowest BCUT2D eigenvalue weighted by atomic mass is 9.72. The molecule has 0 heterocycles. The number of nitrogens with one attached hydrogen (secondary N) is 1. The fourth-order valence-electron chi connectivity index (χ4n) is 3.80. The summed E-state index contributed by atoms with van der Waals surface area (Å²) >= 11 is 0. The van der Waals surface area contributed by atoms with Gasteiger partial charge < -0.3 is 10.4 Å². The second-order valence-corrected chi connectivity index (χ2v) is 7.19. The number of rotatable bonds is 8. The molecule has 0 aromatic heterocycles. The fourth-order valence-corrected chi connectivity index (χ4v) is 3.80. The van der Waals surface area contributed by atoms with Crippen molar-refractivity contribution in [2.45, 2.75) is 37.8 Å². The fraction of sp³-hybridized carbons (Fsp3) is 0.280. The van der Waals surface area contributed by atoms with Gasteiger partial charge in [0.1, 0.15) is 0 Å². The molecule has 0 radical (unpaired) electrons. The van der Waals surface area contributed by atoms with Crippen LogP contribution in [0.2, 0.25) is 0 Å². The Bertz CT molecular complexity index is 762. The van der Waals surface area contributed by atoms with Crippen LogP contribution in [0.5, 0.6) is 0 Å². The lowest BCUT2D eigenvalue weighted by molar-refractivity contribution is 0.133. The summed E-state index contributed by atoms with van der Waals surface area (Å²) in [5.41, 5.74) is 3.41. The summed E-state index contributed by atoms with van der Waals surface area (Å²) in [5, 5.41) is 14.4. The maximum atomic E-state index is 10.7. The molecular formula is C25H29NO. The Hall–Kier alpha value is -2.42. The molecule has 27 heavy (non-hydrogen) atoms. The first kappa shape index (κ1) is 19.3. The standard InChI is InChI=1S/C25H29NO/c1-3-25(22-15-9-5-10-16-22,23-17-11-6-12-18-23)19-26-20(2)24(27)21-13-7-4-8-14-21/h4-18,20,24,26-27H,3,19H2,1-2H3. The predicted molar refractivity (Wildman–Crippen MR) is 113 cm³/mol. The third-order valence-electron chi connectivity index (χ3n) is 5.60. The van der Waals surface area contributed by atoms with Crippen LogP contribution in [0, 0.1) is 0 Å². The van der Waals surface area contributed by atoms with E-state index in [0.717, 1.165) is 18.5 Å². The van der Waals surface area contributed by atoms with E-state index in [4.69, 9.17) is 0 Å². The number of aliphatic hydroxyl groups excluding tert-OH is 1. The van der Waals surface area contributed by atoms with Crippen LogP contribution in [0.3, 0.4) is 0 Å². The van der Waals surface area contributed by atoms with E-state index in [-0.39, 0.29) is 11.5 Å². The van der Waals surface area contributed by atoms with Crippen LogP contribution in [-0.2, 0) is 5.41 Å². The Morgan fingerprint density at radius 3 is 1.67 bits per heavy atom. The lowest BCUT2D eigenvalue weighted by Crippen LogP contribution is -2.44. The van der Waals surface area contributed by atoms with Gasteiger partial charge in [-0.2, -0.15) is 0 Å². The maximum absolute atomic E-state index is 10.7. The molecule has 0 spiro atoms. The molecule has 140 valence electrons. The van der Waals surface area contributed by atoms with Gasteiger partial charge >= 0.3 is 0 Å². The minimum absolute atomic E-state index is 0.0502. The van der Waals surface area contributed by atoms with E-state index in [1.807, 2.05) is 37.3 Å². The maximum Gasteiger partial charge on any atom is 0.0940 e. The first-order valence-electron chi connectivity index (χ1n) is 9.75. The van der Waals surface area contributed by atoms with E-state index in [0.29, 0.717) is 0 Å².